The molecular weight excluding hydrogens is 283 g/mol. The molecule has 0 saturated heterocycles. The summed E-state index contributed by atoms with van der Waals surface area (Å²) in [5, 5.41) is 5.53. The van der Waals surface area contributed by atoms with Crippen LogP contribution in [0.3, 0.4) is 0 Å². The Morgan fingerprint density at radius 2 is 1.95 bits per heavy atom. The maximum absolute atomic E-state index is 11.2. The van der Waals surface area contributed by atoms with Crippen LogP contribution in [-0.2, 0) is 5.41 Å². The number of benzene rings is 1. The molecule has 0 saturated carbocycles. The van der Waals surface area contributed by atoms with Gasteiger partial charge in [-0.3, -0.25) is 4.79 Å². The van der Waals surface area contributed by atoms with Crippen LogP contribution in [0.5, 0.6) is 0 Å². The van der Waals surface area contributed by atoms with Gasteiger partial charge < -0.3 is 0 Å². The van der Waals surface area contributed by atoms with Gasteiger partial charge in [-0.25, -0.2) is 4.68 Å². The molecule has 0 radical (unpaired) electrons. The molecule has 0 amide bonds. The zero-order valence-electron chi connectivity index (χ0n) is 10.9. The van der Waals surface area contributed by atoms with Crippen LogP contribution in [-0.4, -0.2) is 16.1 Å². The fraction of sp³-hybridized carbons (Fsp3) is 0.286. The molecule has 0 aliphatic heterocycles. The van der Waals surface area contributed by atoms with Crippen molar-refractivity contribution in [2.24, 2.45) is 0 Å². The zero-order valence-corrected chi connectivity index (χ0v) is 12.5. The molecule has 3 nitrogen and oxygen atoms in total. The quantitative estimate of drug-likeness (QED) is 0.775. The minimum Gasteiger partial charge on any atom is -0.298 e. The molecule has 1 aromatic carbocycles. The molecule has 1 heterocycles. The van der Waals surface area contributed by atoms with Gasteiger partial charge in [0.05, 0.1) is 22.0 Å². The molecule has 19 heavy (non-hydrogen) atoms. The monoisotopic (exact) mass is 296 g/mol. The van der Waals surface area contributed by atoms with Crippen LogP contribution < -0.4 is 0 Å². The molecule has 1 aromatic heterocycles. The summed E-state index contributed by atoms with van der Waals surface area (Å²) in [6, 6.07) is 5.16. The molecule has 0 bridgehead atoms. The Bertz CT molecular complexity index is 627. The Hall–Kier alpha value is -1.32. The summed E-state index contributed by atoms with van der Waals surface area (Å²) in [6.07, 6.45) is 2.50. The number of carbonyl (C=O) groups excluding carboxylic acids is 1. The lowest BCUT2D eigenvalue weighted by molar-refractivity contribution is 0.112. The third-order valence-electron chi connectivity index (χ3n) is 2.74. The third-order valence-corrected chi connectivity index (χ3v) is 3.27. The second kappa shape index (κ2) is 4.99. The lowest BCUT2D eigenvalue weighted by Crippen LogP contribution is -2.14. The van der Waals surface area contributed by atoms with Crippen LogP contribution in [0, 0.1) is 0 Å². The van der Waals surface area contributed by atoms with Crippen LogP contribution in [0.4, 0.5) is 0 Å². The number of hydrogen-bond donors (Lipinski definition) is 0. The van der Waals surface area contributed by atoms with Gasteiger partial charge in [0.1, 0.15) is 0 Å². The molecule has 0 N–H and O–H groups in total. The molecule has 2 aromatic rings. The molecule has 0 unspecified atom stereocenters. The minimum absolute atomic E-state index is 0.208. The SMILES string of the molecule is CC(C)(C)c1nn(-c2ccc(Cl)cc2Cl)cc1C=O. The largest absolute Gasteiger partial charge is 0.298 e. The topological polar surface area (TPSA) is 34.9 Å². The number of rotatable bonds is 2. The van der Waals surface area contributed by atoms with Gasteiger partial charge in [0.25, 0.3) is 0 Å². The number of aldehydes is 1. The van der Waals surface area contributed by atoms with Gasteiger partial charge in [-0.2, -0.15) is 5.10 Å². The second-order valence-electron chi connectivity index (χ2n) is 5.34. The summed E-state index contributed by atoms with van der Waals surface area (Å²) in [5.74, 6) is 0. The first-order valence-corrected chi connectivity index (χ1v) is 6.59. The Balaban J connectivity index is 2.58. The van der Waals surface area contributed by atoms with Crippen LogP contribution in [0.1, 0.15) is 36.8 Å². The summed E-state index contributed by atoms with van der Waals surface area (Å²) in [7, 11) is 0. The van der Waals surface area contributed by atoms with Gasteiger partial charge >= 0.3 is 0 Å². The standard InChI is InChI=1S/C14H14Cl2N2O/c1-14(2,3)13-9(8-19)7-18(17-13)12-5-4-10(15)6-11(12)16/h4-8H,1-3H3. The van der Waals surface area contributed by atoms with Crippen molar-refractivity contribution in [3.63, 3.8) is 0 Å². The summed E-state index contributed by atoms with van der Waals surface area (Å²) < 4.78 is 1.61. The Morgan fingerprint density at radius 3 is 2.42 bits per heavy atom. The van der Waals surface area contributed by atoms with E-state index in [1.807, 2.05) is 20.8 Å². The van der Waals surface area contributed by atoms with Crippen molar-refractivity contribution in [3.8, 4) is 5.69 Å². The molecule has 100 valence electrons. The molecule has 5 heteroatoms. The van der Waals surface area contributed by atoms with Crippen molar-refractivity contribution >= 4 is 29.5 Å². The van der Waals surface area contributed by atoms with Gasteiger partial charge in [-0.1, -0.05) is 44.0 Å². The van der Waals surface area contributed by atoms with Crippen molar-refractivity contribution in [2.45, 2.75) is 26.2 Å². The maximum atomic E-state index is 11.2. The summed E-state index contributed by atoms with van der Waals surface area (Å²) in [6.45, 7) is 6.03. The van der Waals surface area contributed by atoms with Gasteiger partial charge in [0, 0.05) is 16.6 Å². The highest BCUT2D eigenvalue weighted by Crippen LogP contribution is 2.28. The summed E-state index contributed by atoms with van der Waals surface area (Å²) in [5.41, 5.74) is 1.80. The van der Waals surface area contributed by atoms with E-state index in [1.165, 1.54) is 0 Å². The molecular formula is C14H14Cl2N2O. The fourth-order valence-electron chi connectivity index (χ4n) is 1.85. The highest BCUT2D eigenvalue weighted by atomic mass is 35.5. The van der Waals surface area contributed by atoms with Gasteiger partial charge in [0.2, 0.25) is 0 Å². The predicted octanol–water partition coefficient (Wildman–Crippen LogP) is 4.29. The van der Waals surface area contributed by atoms with Gasteiger partial charge in [0.15, 0.2) is 6.29 Å². The number of aromatic nitrogens is 2. The normalized spacial score (nSPS) is 11.6. The molecule has 0 spiro atoms. The average Bonchev–Trinajstić information content (AvgIpc) is 2.72. The smallest absolute Gasteiger partial charge is 0.153 e. The number of halogens is 2. The molecule has 2 rings (SSSR count). The van der Waals surface area contributed by atoms with E-state index in [1.54, 1.807) is 29.1 Å². The minimum atomic E-state index is -0.208. The second-order valence-corrected chi connectivity index (χ2v) is 6.18. The van der Waals surface area contributed by atoms with Crippen LogP contribution in [0.15, 0.2) is 24.4 Å². The first-order chi connectivity index (χ1) is 8.82. The van der Waals surface area contributed by atoms with Gasteiger partial charge in [-0.05, 0) is 18.2 Å². The number of hydrogen-bond acceptors (Lipinski definition) is 2. The molecule has 0 aliphatic carbocycles. The van der Waals surface area contributed by atoms with E-state index in [-0.39, 0.29) is 5.41 Å². The lowest BCUT2D eigenvalue weighted by Gasteiger charge is -2.15. The van der Waals surface area contributed by atoms with Crippen LogP contribution in [0.25, 0.3) is 5.69 Å². The van der Waals surface area contributed by atoms with E-state index in [0.29, 0.717) is 21.3 Å². The molecule has 0 aliphatic rings. The maximum Gasteiger partial charge on any atom is 0.153 e. The van der Waals surface area contributed by atoms with Crippen molar-refractivity contribution < 1.29 is 4.79 Å². The van der Waals surface area contributed by atoms with Gasteiger partial charge in [-0.15, -0.1) is 0 Å². The van der Waals surface area contributed by atoms with Crippen LogP contribution >= 0.6 is 23.2 Å². The Morgan fingerprint density at radius 1 is 1.26 bits per heavy atom. The van der Waals surface area contributed by atoms with E-state index in [4.69, 9.17) is 23.2 Å². The van der Waals surface area contributed by atoms with Crippen molar-refractivity contribution in [1.82, 2.24) is 9.78 Å². The van der Waals surface area contributed by atoms with Crippen molar-refractivity contribution in [2.75, 3.05) is 0 Å². The molecule has 0 fully saturated rings. The van der Waals surface area contributed by atoms with Crippen molar-refractivity contribution in [3.05, 3.63) is 45.7 Å². The first kappa shape index (κ1) is 14.1. The van der Waals surface area contributed by atoms with E-state index in [2.05, 4.69) is 5.10 Å². The first-order valence-electron chi connectivity index (χ1n) is 5.83. The van der Waals surface area contributed by atoms with E-state index in [0.717, 1.165) is 12.0 Å². The Kier molecular flexibility index (Phi) is 3.70. The summed E-state index contributed by atoms with van der Waals surface area (Å²) in [4.78, 5) is 11.2. The number of carbonyl (C=O) groups is 1. The predicted molar refractivity (Wildman–Crippen MR) is 77.7 cm³/mol. The average molecular weight is 297 g/mol. The highest BCUT2D eigenvalue weighted by Gasteiger charge is 2.22. The third kappa shape index (κ3) is 2.82. The Labute approximate surface area is 122 Å². The summed E-state index contributed by atoms with van der Waals surface area (Å²) >= 11 is 12.0. The number of nitrogens with zero attached hydrogens (tertiary/aromatic N) is 2. The molecule has 0 atom stereocenters. The van der Waals surface area contributed by atoms with E-state index >= 15 is 0 Å². The van der Waals surface area contributed by atoms with Crippen LogP contribution in [0.2, 0.25) is 10.0 Å². The van der Waals surface area contributed by atoms with E-state index < -0.39 is 0 Å². The lowest BCUT2D eigenvalue weighted by atomic mass is 9.90. The van der Waals surface area contributed by atoms with Crippen molar-refractivity contribution in [1.29, 1.82) is 0 Å². The fourth-order valence-corrected chi connectivity index (χ4v) is 2.34. The highest BCUT2D eigenvalue weighted by molar-refractivity contribution is 6.35. The van der Waals surface area contributed by atoms with E-state index in [9.17, 15) is 4.79 Å². The zero-order chi connectivity index (χ0) is 14.2.